The monoisotopic (exact) mass is 302 g/mol. The summed E-state index contributed by atoms with van der Waals surface area (Å²) in [5.74, 6) is -0.170. The molecule has 0 N–H and O–H groups in total. The first-order chi connectivity index (χ1) is 8.41. The van der Waals surface area contributed by atoms with Gasteiger partial charge in [-0.25, -0.2) is 4.39 Å². The second-order valence-corrected chi connectivity index (χ2v) is 6.15. The molecule has 0 saturated heterocycles. The Labute approximate surface area is 120 Å². The van der Waals surface area contributed by atoms with E-state index in [0.29, 0.717) is 16.1 Å². The molecule has 1 unspecified atom stereocenters. The van der Waals surface area contributed by atoms with E-state index in [4.69, 9.17) is 23.2 Å². The molecule has 0 bridgehead atoms. The number of rotatable bonds is 2. The van der Waals surface area contributed by atoms with Crippen LogP contribution < -0.4 is 0 Å². The first-order valence-corrected chi connectivity index (χ1v) is 7.25. The van der Waals surface area contributed by atoms with Gasteiger partial charge in [0, 0.05) is 4.88 Å². The molecule has 0 aliphatic carbocycles. The molecular weight excluding hydrogens is 290 g/mol. The minimum atomic E-state index is -0.325. The lowest BCUT2D eigenvalue weighted by molar-refractivity contribution is 0.608. The predicted molar refractivity (Wildman–Crippen MR) is 77.6 cm³/mol. The molecule has 0 amide bonds. The largest absolute Gasteiger partial charge is 0.206 e. The lowest BCUT2D eigenvalue weighted by atomic mass is 10.0. The summed E-state index contributed by atoms with van der Waals surface area (Å²) in [7, 11) is 0. The number of alkyl halides is 1. The van der Waals surface area contributed by atoms with Crippen LogP contribution in [-0.4, -0.2) is 0 Å². The molecule has 1 aromatic heterocycles. The van der Waals surface area contributed by atoms with Crippen molar-refractivity contribution in [1.82, 2.24) is 0 Å². The summed E-state index contributed by atoms with van der Waals surface area (Å²) < 4.78 is 13.6. The lowest BCUT2D eigenvalue weighted by Gasteiger charge is -2.12. The van der Waals surface area contributed by atoms with Gasteiger partial charge in [0.2, 0.25) is 0 Å². The van der Waals surface area contributed by atoms with Crippen LogP contribution >= 0.6 is 34.5 Å². The molecule has 0 spiro atoms. The number of halogens is 3. The van der Waals surface area contributed by atoms with Gasteiger partial charge in [0.25, 0.3) is 0 Å². The highest BCUT2D eigenvalue weighted by Gasteiger charge is 2.19. The third-order valence-corrected chi connectivity index (χ3v) is 5.29. The number of hydrogen-bond donors (Lipinski definition) is 0. The third-order valence-electron chi connectivity index (χ3n) is 2.91. The SMILES string of the molecule is Cc1cc(C(Cl)c2scc(C)c2Cl)cc(C)c1F. The van der Waals surface area contributed by atoms with E-state index in [9.17, 15) is 4.39 Å². The minimum Gasteiger partial charge on any atom is -0.206 e. The van der Waals surface area contributed by atoms with E-state index < -0.39 is 0 Å². The standard InChI is InChI=1S/C14H13Cl2FS/c1-7-4-10(5-8(2)13(7)17)12(16)14-11(15)9(3)6-18-14/h4-6,12H,1-3H3. The van der Waals surface area contributed by atoms with Crippen molar-refractivity contribution in [3.63, 3.8) is 0 Å². The zero-order chi connectivity index (χ0) is 13.4. The maximum Gasteiger partial charge on any atom is 0.129 e. The summed E-state index contributed by atoms with van der Waals surface area (Å²) >= 11 is 14.2. The average molecular weight is 303 g/mol. The van der Waals surface area contributed by atoms with Crippen molar-refractivity contribution < 1.29 is 4.39 Å². The molecule has 1 atom stereocenters. The van der Waals surface area contributed by atoms with Crippen LogP contribution in [0.25, 0.3) is 0 Å². The fraction of sp³-hybridized carbons (Fsp3) is 0.286. The van der Waals surface area contributed by atoms with Crippen LogP contribution in [-0.2, 0) is 0 Å². The zero-order valence-electron chi connectivity index (χ0n) is 10.4. The van der Waals surface area contributed by atoms with Crippen LogP contribution in [0.1, 0.15) is 32.5 Å². The number of thiophene rings is 1. The molecule has 18 heavy (non-hydrogen) atoms. The van der Waals surface area contributed by atoms with Gasteiger partial charge in [0.1, 0.15) is 5.82 Å². The molecule has 0 nitrogen and oxygen atoms in total. The van der Waals surface area contributed by atoms with E-state index in [1.807, 2.05) is 12.3 Å². The van der Waals surface area contributed by atoms with Crippen molar-refractivity contribution in [2.24, 2.45) is 0 Å². The van der Waals surface area contributed by atoms with Gasteiger partial charge in [-0.2, -0.15) is 0 Å². The van der Waals surface area contributed by atoms with Gasteiger partial charge >= 0.3 is 0 Å². The fourth-order valence-electron chi connectivity index (χ4n) is 1.90. The molecule has 0 radical (unpaired) electrons. The Morgan fingerprint density at radius 2 is 1.67 bits per heavy atom. The van der Waals surface area contributed by atoms with E-state index in [-0.39, 0.29) is 11.2 Å². The third kappa shape index (κ3) is 2.42. The Balaban J connectivity index is 2.46. The summed E-state index contributed by atoms with van der Waals surface area (Å²) in [6.07, 6.45) is 0. The van der Waals surface area contributed by atoms with E-state index in [0.717, 1.165) is 16.0 Å². The highest BCUT2D eigenvalue weighted by molar-refractivity contribution is 7.11. The predicted octanol–water partition coefficient (Wildman–Crippen LogP) is 5.79. The van der Waals surface area contributed by atoms with Gasteiger partial charge in [-0.3, -0.25) is 0 Å². The first-order valence-electron chi connectivity index (χ1n) is 5.56. The number of hydrogen-bond acceptors (Lipinski definition) is 1. The summed E-state index contributed by atoms with van der Waals surface area (Å²) in [5, 5.41) is 2.37. The number of aryl methyl sites for hydroxylation is 3. The zero-order valence-corrected chi connectivity index (χ0v) is 12.7. The molecule has 96 valence electrons. The number of benzene rings is 1. The van der Waals surface area contributed by atoms with Crippen LogP contribution in [0.15, 0.2) is 17.5 Å². The topological polar surface area (TPSA) is 0 Å². The molecule has 1 heterocycles. The van der Waals surface area contributed by atoms with E-state index in [1.54, 1.807) is 26.0 Å². The molecule has 0 saturated carbocycles. The summed E-state index contributed by atoms with van der Waals surface area (Å²) in [4.78, 5) is 0.918. The molecule has 0 aliphatic heterocycles. The van der Waals surface area contributed by atoms with Crippen molar-refractivity contribution >= 4 is 34.5 Å². The van der Waals surface area contributed by atoms with Crippen molar-refractivity contribution in [2.45, 2.75) is 26.1 Å². The minimum absolute atomic E-state index is 0.170. The average Bonchev–Trinajstić information content (AvgIpc) is 2.65. The van der Waals surface area contributed by atoms with Crippen LogP contribution in [0.2, 0.25) is 5.02 Å². The lowest BCUT2D eigenvalue weighted by Crippen LogP contribution is -1.96. The van der Waals surface area contributed by atoms with E-state index in [1.165, 1.54) is 11.3 Å². The highest BCUT2D eigenvalue weighted by atomic mass is 35.5. The van der Waals surface area contributed by atoms with Crippen LogP contribution in [0.5, 0.6) is 0 Å². The van der Waals surface area contributed by atoms with Gasteiger partial charge in [-0.15, -0.1) is 22.9 Å². The van der Waals surface area contributed by atoms with Crippen molar-refractivity contribution in [3.8, 4) is 0 Å². The molecular formula is C14H13Cl2FS. The Hall–Kier alpha value is -0.570. The molecule has 2 aromatic rings. The Morgan fingerprint density at radius 3 is 2.11 bits per heavy atom. The summed E-state index contributed by atoms with van der Waals surface area (Å²) in [6, 6.07) is 3.57. The van der Waals surface area contributed by atoms with Crippen molar-refractivity contribution in [2.75, 3.05) is 0 Å². The smallest absolute Gasteiger partial charge is 0.129 e. The Bertz CT molecular complexity index is 566. The Kier molecular flexibility index (Phi) is 4.00. The Morgan fingerprint density at radius 1 is 1.11 bits per heavy atom. The second kappa shape index (κ2) is 5.20. The van der Waals surface area contributed by atoms with Gasteiger partial charge in [-0.1, -0.05) is 23.7 Å². The van der Waals surface area contributed by atoms with Gasteiger partial charge in [-0.05, 0) is 48.4 Å². The van der Waals surface area contributed by atoms with Crippen LogP contribution in [0.3, 0.4) is 0 Å². The molecule has 0 fully saturated rings. The maximum absolute atomic E-state index is 13.6. The van der Waals surface area contributed by atoms with Gasteiger partial charge in [0.15, 0.2) is 0 Å². The summed E-state index contributed by atoms with van der Waals surface area (Å²) in [5.41, 5.74) is 3.13. The normalized spacial score (nSPS) is 12.8. The van der Waals surface area contributed by atoms with Crippen molar-refractivity contribution in [1.29, 1.82) is 0 Å². The fourth-order valence-corrected chi connectivity index (χ4v) is 3.65. The second-order valence-electron chi connectivity index (χ2n) is 4.43. The van der Waals surface area contributed by atoms with Gasteiger partial charge in [0.05, 0.1) is 10.4 Å². The highest BCUT2D eigenvalue weighted by Crippen LogP contribution is 2.40. The van der Waals surface area contributed by atoms with Crippen LogP contribution in [0, 0.1) is 26.6 Å². The van der Waals surface area contributed by atoms with Gasteiger partial charge < -0.3 is 0 Å². The van der Waals surface area contributed by atoms with E-state index in [2.05, 4.69) is 0 Å². The molecule has 2 rings (SSSR count). The van der Waals surface area contributed by atoms with Crippen LogP contribution in [0.4, 0.5) is 4.39 Å². The maximum atomic E-state index is 13.6. The first kappa shape index (κ1) is 13.9. The summed E-state index contributed by atoms with van der Waals surface area (Å²) in [6.45, 7) is 5.44. The molecule has 1 aromatic carbocycles. The van der Waals surface area contributed by atoms with E-state index >= 15 is 0 Å². The quantitative estimate of drug-likeness (QED) is 0.616. The molecule has 0 aliphatic rings. The van der Waals surface area contributed by atoms with Crippen molar-refractivity contribution in [3.05, 3.63) is 55.5 Å². The molecule has 4 heteroatoms.